The third-order valence-electron chi connectivity index (χ3n) is 3.53. The first-order valence-corrected chi connectivity index (χ1v) is 7.13. The molecule has 1 aromatic rings. The first-order chi connectivity index (χ1) is 8.29. The van der Waals surface area contributed by atoms with E-state index in [2.05, 4.69) is 32.3 Å². The summed E-state index contributed by atoms with van der Waals surface area (Å²) in [5.41, 5.74) is 6.98. The summed E-state index contributed by atoms with van der Waals surface area (Å²) in [5.74, 6) is 0.946. The van der Waals surface area contributed by atoms with Crippen molar-refractivity contribution in [1.82, 2.24) is 10.3 Å². The molecule has 94 valence electrons. The monoisotopic (exact) mass is 297 g/mol. The predicted octanol–water partition coefficient (Wildman–Crippen LogP) is 2.62. The van der Waals surface area contributed by atoms with E-state index in [4.69, 9.17) is 5.73 Å². The Morgan fingerprint density at radius 1 is 1.47 bits per heavy atom. The maximum absolute atomic E-state index is 5.81. The van der Waals surface area contributed by atoms with Crippen LogP contribution in [0.3, 0.4) is 0 Å². The van der Waals surface area contributed by atoms with Crippen molar-refractivity contribution in [2.24, 2.45) is 11.7 Å². The van der Waals surface area contributed by atoms with Gasteiger partial charge in [0, 0.05) is 29.5 Å². The molecule has 1 aliphatic rings. The molecule has 0 bridgehead atoms. The minimum atomic E-state index is 0.222. The van der Waals surface area contributed by atoms with Gasteiger partial charge in [-0.3, -0.25) is 4.98 Å². The fourth-order valence-electron chi connectivity index (χ4n) is 2.20. The first-order valence-electron chi connectivity index (χ1n) is 6.33. The van der Waals surface area contributed by atoms with E-state index in [1.54, 1.807) is 6.20 Å². The van der Waals surface area contributed by atoms with Gasteiger partial charge >= 0.3 is 0 Å². The fraction of sp³-hybridized carbons (Fsp3) is 0.615. The predicted molar refractivity (Wildman–Crippen MR) is 73.7 cm³/mol. The molecule has 0 spiro atoms. The van der Waals surface area contributed by atoms with Gasteiger partial charge in [-0.2, -0.15) is 0 Å². The van der Waals surface area contributed by atoms with E-state index in [9.17, 15) is 0 Å². The van der Waals surface area contributed by atoms with Crippen LogP contribution < -0.4 is 11.1 Å². The summed E-state index contributed by atoms with van der Waals surface area (Å²) in [5, 5.41) is 3.53. The van der Waals surface area contributed by atoms with Crippen LogP contribution >= 0.6 is 15.9 Å². The van der Waals surface area contributed by atoms with E-state index in [1.165, 1.54) is 25.7 Å². The molecular formula is C13H20BrN3. The van der Waals surface area contributed by atoms with Crippen LogP contribution in [-0.2, 0) is 0 Å². The molecular weight excluding hydrogens is 278 g/mol. The van der Waals surface area contributed by atoms with Crippen molar-refractivity contribution >= 4 is 15.9 Å². The van der Waals surface area contributed by atoms with Crippen molar-refractivity contribution in [2.75, 3.05) is 13.1 Å². The molecule has 0 amide bonds. The largest absolute Gasteiger partial charge is 0.329 e. The summed E-state index contributed by atoms with van der Waals surface area (Å²) in [6.45, 7) is 1.67. The second kappa shape index (κ2) is 6.47. The zero-order valence-electron chi connectivity index (χ0n) is 10.0. The van der Waals surface area contributed by atoms with Gasteiger partial charge in [-0.05, 0) is 46.4 Å². The summed E-state index contributed by atoms with van der Waals surface area (Å²) in [7, 11) is 0. The summed E-state index contributed by atoms with van der Waals surface area (Å²) in [6, 6.07) is 2.31. The Kier molecular flexibility index (Phi) is 4.95. The second-order valence-corrected chi connectivity index (χ2v) is 5.68. The topological polar surface area (TPSA) is 50.9 Å². The molecule has 1 aromatic heterocycles. The highest BCUT2D eigenvalue weighted by Gasteiger charge is 2.17. The quantitative estimate of drug-likeness (QED) is 0.849. The molecule has 1 heterocycles. The van der Waals surface area contributed by atoms with Gasteiger partial charge in [0.05, 0.1) is 0 Å². The normalized spacial score (nSPS) is 17.8. The highest BCUT2D eigenvalue weighted by atomic mass is 79.9. The molecule has 3 nitrogen and oxygen atoms in total. The molecule has 2 rings (SSSR count). The second-order valence-electron chi connectivity index (χ2n) is 4.76. The van der Waals surface area contributed by atoms with Crippen molar-refractivity contribution in [2.45, 2.75) is 31.7 Å². The Hall–Kier alpha value is -0.450. The highest BCUT2D eigenvalue weighted by Crippen LogP contribution is 2.29. The number of halogens is 1. The van der Waals surface area contributed by atoms with E-state index in [0.29, 0.717) is 6.54 Å². The van der Waals surface area contributed by atoms with E-state index in [0.717, 1.165) is 22.5 Å². The summed E-state index contributed by atoms with van der Waals surface area (Å²) < 4.78 is 1.01. The molecule has 1 unspecified atom stereocenters. The lowest BCUT2D eigenvalue weighted by Crippen LogP contribution is -2.30. The van der Waals surface area contributed by atoms with Crippen LogP contribution in [-0.4, -0.2) is 18.1 Å². The van der Waals surface area contributed by atoms with Gasteiger partial charge in [-0.25, -0.2) is 0 Å². The van der Waals surface area contributed by atoms with E-state index in [-0.39, 0.29) is 6.04 Å². The molecule has 1 fully saturated rings. The van der Waals surface area contributed by atoms with Crippen LogP contribution in [0.15, 0.2) is 22.9 Å². The highest BCUT2D eigenvalue weighted by molar-refractivity contribution is 9.10. The molecule has 3 N–H and O–H groups in total. The minimum absolute atomic E-state index is 0.222. The number of hydrogen-bond donors (Lipinski definition) is 2. The maximum Gasteiger partial charge on any atom is 0.0460 e. The standard InChI is InChI=1S/C13H20BrN3/c14-12-6-11(8-16-9-12)13(7-15)17-5-4-10-2-1-3-10/h6,8-10,13,17H,1-5,7,15H2. The third kappa shape index (κ3) is 3.76. The maximum atomic E-state index is 5.81. The number of rotatable bonds is 6. The average Bonchev–Trinajstić information content (AvgIpc) is 2.27. The number of pyridine rings is 1. The molecule has 4 heteroatoms. The number of aromatic nitrogens is 1. The zero-order chi connectivity index (χ0) is 12.1. The van der Waals surface area contributed by atoms with Crippen molar-refractivity contribution in [3.05, 3.63) is 28.5 Å². The van der Waals surface area contributed by atoms with Crippen LogP contribution in [0.25, 0.3) is 0 Å². The lowest BCUT2D eigenvalue weighted by Gasteiger charge is -2.26. The van der Waals surface area contributed by atoms with Gasteiger partial charge in [0.25, 0.3) is 0 Å². The lowest BCUT2D eigenvalue weighted by atomic mass is 9.83. The number of nitrogens with two attached hydrogens (primary N) is 1. The Balaban J connectivity index is 1.82. The van der Waals surface area contributed by atoms with Crippen LogP contribution in [0.4, 0.5) is 0 Å². The van der Waals surface area contributed by atoms with Crippen molar-refractivity contribution in [3.63, 3.8) is 0 Å². The third-order valence-corrected chi connectivity index (χ3v) is 3.97. The van der Waals surface area contributed by atoms with Crippen LogP contribution in [0.2, 0.25) is 0 Å². The molecule has 1 atom stereocenters. The van der Waals surface area contributed by atoms with Crippen molar-refractivity contribution < 1.29 is 0 Å². The Labute approximate surface area is 111 Å². The number of hydrogen-bond acceptors (Lipinski definition) is 3. The molecule has 0 saturated heterocycles. The number of nitrogens with one attached hydrogen (secondary N) is 1. The fourth-order valence-corrected chi connectivity index (χ4v) is 2.58. The molecule has 1 aliphatic carbocycles. The Bertz CT molecular complexity index is 352. The van der Waals surface area contributed by atoms with Crippen LogP contribution in [0, 0.1) is 5.92 Å². The smallest absolute Gasteiger partial charge is 0.0460 e. The summed E-state index contributed by atoms with van der Waals surface area (Å²) in [6.07, 6.45) is 9.20. The Morgan fingerprint density at radius 2 is 2.29 bits per heavy atom. The van der Waals surface area contributed by atoms with E-state index >= 15 is 0 Å². The summed E-state index contributed by atoms with van der Waals surface area (Å²) >= 11 is 3.44. The van der Waals surface area contributed by atoms with Crippen LogP contribution in [0.5, 0.6) is 0 Å². The lowest BCUT2D eigenvalue weighted by molar-refractivity contribution is 0.288. The average molecular weight is 298 g/mol. The first kappa shape index (κ1) is 13.0. The van der Waals surface area contributed by atoms with Gasteiger partial charge in [-0.1, -0.05) is 19.3 Å². The molecule has 17 heavy (non-hydrogen) atoms. The molecule has 0 aliphatic heterocycles. The van der Waals surface area contributed by atoms with Gasteiger partial charge in [0.1, 0.15) is 0 Å². The van der Waals surface area contributed by atoms with E-state index in [1.807, 2.05) is 6.20 Å². The number of nitrogens with zero attached hydrogens (tertiary/aromatic N) is 1. The zero-order valence-corrected chi connectivity index (χ0v) is 11.6. The molecule has 0 radical (unpaired) electrons. The van der Waals surface area contributed by atoms with Gasteiger partial charge in [0.2, 0.25) is 0 Å². The minimum Gasteiger partial charge on any atom is -0.329 e. The molecule has 0 aromatic carbocycles. The van der Waals surface area contributed by atoms with Gasteiger partial charge in [-0.15, -0.1) is 0 Å². The summed E-state index contributed by atoms with van der Waals surface area (Å²) in [4.78, 5) is 4.18. The van der Waals surface area contributed by atoms with Crippen molar-refractivity contribution in [1.29, 1.82) is 0 Å². The van der Waals surface area contributed by atoms with E-state index < -0.39 is 0 Å². The SMILES string of the molecule is NCC(NCCC1CCC1)c1cncc(Br)c1. The van der Waals surface area contributed by atoms with Gasteiger partial charge in [0.15, 0.2) is 0 Å². The van der Waals surface area contributed by atoms with Crippen LogP contribution in [0.1, 0.15) is 37.3 Å². The molecule has 1 saturated carbocycles. The van der Waals surface area contributed by atoms with Crippen molar-refractivity contribution in [3.8, 4) is 0 Å². The van der Waals surface area contributed by atoms with Gasteiger partial charge < -0.3 is 11.1 Å². The Morgan fingerprint density at radius 3 is 2.88 bits per heavy atom.